The van der Waals surface area contributed by atoms with Crippen LogP contribution in [-0.2, 0) is 6.54 Å². The van der Waals surface area contributed by atoms with Crippen LogP contribution in [0.15, 0.2) is 60.8 Å². The zero-order valence-corrected chi connectivity index (χ0v) is 14.0. The highest BCUT2D eigenvalue weighted by molar-refractivity contribution is 5.94. The highest BCUT2D eigenvalue weighted by Crippen LogP contribution is 2.20. The molecule has 2 aromatic carbocycles. The van der Waals surface area contributed by atoms with Crippen molar-refractivity contribution >= 4 is 11.6 Å². The van der Waals surface area contributed by atoms with Crippen LogP contribution in [0.2, 0.25) is 0 Å². The molecule has 1 aromatic heterocycles. The Balaban J connectivity index is 1.81. The maximum absolute atomic E-state index is 12.5. The average molecular weight is 336 g/mol. The molecule has 0 aliphatic rings. The van der Waals surface area contributed by atoms with Crippen molar-refractivity contribution in [3.05, 3.63) is 72.1 Å². The molecule has 0 atom stereocenters. The van der Waals surface area contributed by atoms with Gasteiger partial charge in [-0.3, -0.25) is 4.79 Å². The van der Waals surface area contributed by atoms with E-state index in [2.05, 4.69) is 10.4 Å². The number of nitrogens with two attached hydrogens (primary N) is 1. The van der Waals surface area contributed by atoms with Gasteiger partial charge in [0.1, 0.15) is 0 Å². The smallest absolute Gasteiger partial charge is 0.275 e. The van der Waals surface area contributed by atoms with E-state index in [1.165, 1.54) is 0 Å². The van der Waals surface area contributed by atoms with Crippen molar-refractivity contribution in [3.63, 3.8) is 0 Å². The summed E-state index contributed by atoms with van der Waals surface area (Å²) < 4.78 is 7.18. The number of carbonyl (C=O) groups excluding carboxylic acids is 1. The lowest BCUT2D eigenvalue weighted by molar-refractivity contribution is 0.0942. The number of hydrogen-bond donors (Lipinski definition) is 2. The molecule has 1 amide bonds. The first-order valence-electron chi connectivity index (χ1n) is 8.08. The SMILES string of the molecule is CCOc1cn(-c2ccc(N)cc2)nc1C(=O)NCc1ccccc1. The summed E-state index contributed by atoms with van der Waals surface area (Å²) in [6.07, 6.45) is 1.70. The predicted molar refractivity (Wildman–Crippen MR) is 96.8 cm³/mol. The lowest BCUT2D eigenvalue weighted by Crippen LogP contribution is -2.24. The highest BCUT2D eigenvalue weighted by Gasteiger charge is 2.18. The number of aromatic nitrogens is 2. The standard InChI is InChI=1S/C19H20N4O2/c1-2-25-17-13-23(16-10-8-15(20)9-11-16)22-18(17)19(24)21-12-14-6-4-3-5-7-14/h3-11,13H,2,12,20H2,1H3,(H,21,24). The van der Waals surface area contributed by atoms with E-state index < -0.39 is 0 Å². The van der Waals surface area contributed by atoms with E-state index in [1.54, 1.807) is 23.0 Å². The van der Waals surface area contributed by atoms with E-state index in [4.69, 9.17) is 10.5 Å². The Morgan fingerprint density at radius 1 is 1.16 bits per heavy atom. The summed E-state index contributed by atoms with van der Waals surface area (Å²) in [6, 6.07) is 17.0. The molecule has 128 valence electrons. The molecule has 1 heterocycles. The zero-order valence-electron chi connectivity index (χ0n) is 14.0. The molecule has 0 saturated heterocycles. The summed E-state index contributed by atoms with van der Waals surface area (Å²) in [6.45, 7) is 2.75. The highest BCUT2D eigenvalue weighted by atomic mass is 16.5. The second kappa shape index (κ2) is 7.53. The van der Waals surface area contributed by atoms with Crippen LogP contribution in [0.3, 0.4) is 0 Å². The first kappa shape index (κ1) is 16.6. The van der Waals surface area contributed by atoms with Crippen LogP contribution in [-0.4, -0.2) is 22.3 Å². The Morgan fingerprint density at radius 2 is 1.88 bits per heavy atom. The number of nitrogens with one attached hydrogen (secondary N) is 1. The van der Waals surface area contributed by atoms with Crippen LogP contribution < -0.4 is 15.8 Å². The Bertz CT molecular complexity index is 842. The van der Waals surface area contributed by atoms with E-state index in [1.807, 2.05) is 49.4 Å². The fourth-order valence-electron chi connectivity index (χ4n) is 2.40. The quantitative estimate of drug-likeness (QED) is 0.678. The largest absolute Gasteiger partial charge is 0.490 e. The third-order valence-electron chi connectivity index (χ3n) is 3.65. The molecule has 6 nitrogen and oxygen atoms in total. The molecule has 0 radical (unpaired) electrons. The van der Waals surface area contributed by atoms with Crippen LogP contribution in [0.4, 0.5) is 5.69 Å². The van der Waals surface area contributed by atoms with Gasteiger partial charge in [-0.25, -0.2) is 4.68 Å². The maximum Gasteiger partial charge on any atom is 0.275 e. The van der Waals surface area contributed by atoms with Gasteiger partial charge in [0.2, 0.25) is 0 Å². The summed E-state index contributed by atoms with van der Waals surface area (Å²) in [5.74, 6) is 0.173. The second-order valence-electron chi connectivity index (χ2n) is 5.48. The number of benzene rings is 2. The molecule has 0 saturated carbocycles. The normalized spacial score (nSPS) is 10.4. The van der Waals surface area contributed by atoms with Crippen LogP contribution in [0, 0.1) is 0 Å². The molecule has 3 rings (SSSR count). The summed E-state index contributed by atoms with van der Waals surface area (Å²) >= 11 is 0. The molecule has 0 spiro atoms. The van der Waals surface area contributed by atoms with E-state index in [0.717, 1.165) is 11.3 Å². The molecule has 6 heteroatoms. The fourth-order valence-corrected chi connectivity index (χ4v) is 2.40. The van der Waals surface area contributed by atoms with Crippen molar-refractivity contribution in [1.82, 2.24) is 15.1 Å². The number of amides is 1. The van der Waals surface area contributed by atoms with Gasteiger partial charge in [-0.15, -0.1) is 0 Å². The minimum atomic E-state index is -0.276. The van der Waals surface area contributed by atoms with E-state index >= 15 is 0 Å². The second-order valence-corrected chi connectivity index (χ2v) is 5.48. The monoisotopic (exact) mass is 336 g/mol. The van der Waals surface area contributed by atoms with Crippen LogP contribution in [0.1, 0.15) is 23.0 Å². The maximum atomic E-state index is 12.5. The predicted octanol–water partition coefficient (Wildman–Crippen LogP) is 2.78. The van der Waals surface area contributed by atoms with E-state index in [9.17, 15) is 4.79 Å². The number of nitrogen functional groups attached to an aromatic ring is 1. The minimum absolute atomic E-state index is 0.259. The molecule has 0 unspecified atom stereocenters. The zero-order chi connectivity index (χ0) is 17.6. The van der Waals surface area contributed by atoms with Crippen LogP contribution >= 0.6 is 0 Å². The van der Waals surface area contributed by atoms with Crippen molar-refractivity contribution in [2.75, 3.05) is 12.3 Å². The van der Waals surface area contributed by atoms with E-state index in [0.29, 0.717) is 24.6 Å². The van der Waals surface area contributed by atoms with Crippen LogP contribution in [0.5, 0.6) is 5.75 Å². The summed E-state index contributed by atoms with van der Waals surface area (Å²) in [5.41, 5.74) is 8.46. The van der Waals surface area contributed by atoms with Gasteiger partial charge in [-0.05, 0) is 36.8 Å². The van der Waals surface area contributed by atoms with Gasteiger partial charge in [0, 0.05) is 12.2 Å². The molecule has 3 aromatic rings. The first-order valence-corrected chi connectivity index (χ1v) is 8.08. The minimum Gasteiger partial charge on any atom is -0.490 e. The van der Waals surface area contributed by atoms with Gasteiger partial charge < -0.3 is 15.8 Å². The topological polar surface area (TPSA) is 82.2 Å². The van der Waals surface area contributed by atoms with Crippen molar-refractivity contribution in [2.24, 2.45) is 0 Å². The van der Waals surface area contributed by atoms with Gasteiger partial charge in [0.15, 0.2) is 11.4 Å². The molecular formula is C19H20N4O2. The number of hydrogen-bond acceptors (Lipinski definition) is 4. The molecule has 0 bridgehead atoms. The number of rotatable bonds is 6. The molecule has 0 aliphatic heterocycles. The van der Waals surface area contributed by atoms with Crippen LogP contribution in [0.25, 0.3) is 5.69 Å². The van der Waals surface area contributed by atoms with E-state index in [-0.39, 0.29) is 11.6 Å². The van der Waals surface area contributed by atoms with Gasteiger partial charge in [-0.1, -0.05) is 30.3 Å². The number of carbonyl (C=O) groups is 1. The van der Waals surface area contributed by atoms with Gasteiger partial charge in [0.25, 0.3) is 5.91 Å². The third-order valence-corrected chi connectivity index (χ3v) is 3.65. The van der Waals surface area contributed by atoms with Gasteiger partial charge >= 0.3 is 0 Å². The van der Waals surface area contributed by atoms with Crippen molar-refractivity contribution in [3.8, 4) is 11.4 Å². The molecule has 25 heavy (non-hydrogen) atoms. The molecular weight excluding hydrogens is 316 g/mol. The third kappa shape index (κ3) is 3.98. The number of anilines is 1. The molecule has 0 aliphatic carbocycles. The Labute approximate surface area is 146 Å². The lowest BCUT2D eigenvalue weighted by atomic mass is 10.2. The fraction of sp³-hybridized carbons (Fsp3) is 0.158. The van der Waals surface area contributed by atoms with Crippen molar-refractivity contribution in [2.45, 2.75) is 13.5 Å². The Morgan fingerprint density at radius 3 is 2.56 bits per heavy atom. The number of ether oxygens (including phenoxy) is 1. The van der Waals surface area contributed by atoms with Crippen molar-refractivity contribution in [1.29, 1.82) is 0 Å². The Kier molecular flexibility index (Phi) is 4.99. The number of nitrogens with zero attached hydrogens (tertiary/aromatic N) is 2. The van der Waals surface area contributed by atoms with Crippen molar-refractivity contribution < 1.29 is 9.53 Å². The summed E-state index contributed by atoms with van der Waals surface area (Å²) in [5, 5.41) is 7.25. The summed E-state index contributed by atoms with van der Waals surface area (Å²) in [7, 11) is 0. The average Bonchev–Trinajstić information content (AvgIpc) is 3.05. The Hall–Kier alpha value is -3.28. The van der Waals surface area contributed by atoms with Gasteiger partial charge in [-0.2, -0.15) is 5.10 Å². The van der Waals surface area contributed by atoms with Gasteiger partial charge in [0.05, 0.1) is 18.5 Å². The summed E-state index contributed by atoms with van der Waals surface area (Å²) in [4.78, 5) is 12.5. The molecule has 3 N–H and O–H groups in total. The molecule has 0 fully saturated rings. The first-order chi connectivity index (χ1) is 12.2. The lowest BCUT2D eigenvalue weighted by Gasteiger charge is -2.05.